The summed E-state index contributed by atoms with van der Waals surface area (Å²) < 4.78 is 0. The van der Waals surface area contributed by atoms with Crippen molar-refractivity contribution in [3.63, 3.8) is 0 Å². The van der Waals surface area contributed by atoms with Crippen molar-refractivity contribution >= 4 is 23.5 Å². The molecule has 4 rings (SSSR count). The summed E-state index contributed by atoms with van der Waals surface area (Å²) in [6, 6.07) is 9.27. The van der Waals surface area contributed by atoms with Crippen molar-refractivity contribution < 1.29 is 9.59 Å². The molecule has 8 heteroatoms. The van der Waals surface area contributed by atoms with Crippen LogP contribution in [-0.4, -0.2) is 66.0 Å². The van der Waals surface area contributed by atoms with E-state index in [1.165, 1.54) is 0 Å². The summed E-state index contributed by atoms with van der Waals surface area (Å²) in [6.45, 7) is 4.16. The Morgan fingerprint density at radius 3 is 2.45 bits per heavy atom. The van der Waals surface area contributed by atoms with Gasteiger partial charge < -0.3 is 20.4 Å². The number of hydrogen-bond donors (Lipinski definition) is 1. The van der Waals surface area contributed by atoms with E-state index in [1.54, 1.807) is 24.5 Å². The normalized spacial score (nSPS) is 19.9. The zero-order chi connectivity index (χ0) is 20.2. The molecule has 1 unspecified atom stereocenters. The SMILES string of the molecule is NC(=O)c1cccnc1N1CCN(C(=O)C2CCCN(c3ccccn3)C2)CC1. The lowest BCUT2D eigenvalue weighted by atomic mass is 9.96. The highest BCUT2D eigenvalue weighted by molar-refractivity contribution is 5.97. The molecule has 29 heavy (non-hydrogen) atoms. The molecule has 2 aliphatic heterocycles. The monoisotopic (exact) mass is 394 g/mol. The number of nitrogens with zero attached hydrogens (tertiary/aromatic N) is 5. The Hall–Kier alpha value is -3.16. The van der Waals surface area contributed by atoms with Crippen molar-refractivity contribution in [1.82, 2.24) is 14.9 Å². The minimum absolute atomic E-state index is 0.00617. The zero-order valence-corrected chi connectivity index (χ0v) is 16.4. The number of piperazine rings is 1. The van der Waals surface area contributed by atoms with E-state index in [1.807, 2.05) is 28.0 Å². The van der Waals surface area contributed by atoms with Crippen LogP contribution in [0.3, 0.4) is 0 Å². The van der Waals surface area contributed by atoms with Gasteiger partial charge in [0.2, 0.25) is 5.91 Å². The van der Waals surface area contributed by atoms with Crippen LogP contribution in [0, 0.1) is 5.92 Å². The third-order valence-corrected chi connectivity index (χ3v) is 5.69. The molecule has 2 N–H and O–H groups in total. The van der Waals surface area contributed by atoms with Crippen LogP contribution in [0.4, 0.5) is 11.6 Å². The lowest BCUT2D eigenvalue weighted by Gasteiger charge is -2.39. The topological polar surface area (TPSA) is 95.7 Å². The van der Waals surface area contributed by atoms with Gasteiger partial charge in [-0.3, -0.25) is 9.59 Å². The maximum absolute atomic E-state index is 13.1. The first-order chi connectivity index (χ1) is 14.1. The van der Waals surface area contributed by atoms with Crippen molar-refractivity contribution in [2.24, 2.45) is 11.7 Å². The van der Waals surface area contributed by atoms with E-state index in [4.69, 9.17) is 5.73 Å². The number of pyridine rings is 2. The van der Waals surface area contributed by atoms with Crippen LogP contribution >= 0.6 is 0 Å². The number of hydrogen-bond acceptors (Lipinski definition) is 6. The molecule has 2 aromatic heterocycles. The van der Waals surface area contributed by atoms with Crippen molar-refractivity contribution in [1.29, 1.82) is 0 Å². The van der Waals surface area contributed by atoms with Crippen LogP contribution in [0.15, 0.2) is 42.7 Å². The second kappa shape index (κ2) is 8.46. The number of rotatable bonds is 4. The summed E-state index contributed by atoms with van der Waals surface area (Å²) in [6.07, 6.45) is 5.35. The highest BCUT2D eigenvalue weighted by Gasteiger charge is 2.32. The van der Waals surface area contributed by atoms with Gasteiger partial charge in [0.05, 0.1) is 11.5 Å². The number of amides is 2. The fourth-order valence-corrected chi connectivity index (χ4v) is 4.17. The summed E-state index contributed by atoms with van der Waals surface area (Å²) in [7, 11) is 0. The Morgan fingerprint density at radius 1 is 0.931 bits per heavy atom. The molecule has 4 heterocycles. The fraction of sp³-hybridized carbons (Fsp3) is 0.429. The molecule has 1 atom stereocenters. The van der Waals surface area contributed by atoms with Crippen LogP contribution in [0.25, 0.3) is 0 Å². The Kier molecular flexibility index (Phi) is 5.59. The van der Waals surface area contributed by atoms with Crippen molar-refractivity contribution in [2.45, 2.75) is 12.8 Å². The van der Waals surface area contributed by atoms with E-state index in [0.717, 1.165) is 25.2 Å². The number of primary amides is 1. The number of carbonyl (C=O) groups is 2. The van der Waals surface area contributed by atoms with Gasteiger partial charge in [-0.2, -0.15) is 0 Å². The molecule has 2 aliphatic rings. The fourth-order valence-electron chi connectivity index (χ4n) is 4.17. The van der Waals surface area contributed by atoms with Gasteiger partial charge in [0, 0.05) is 51.7 Å². The standard InChI is InChI=1S/C21H26N6O2/c22-19(28)17-6-3-9-24-20(17)25-11-13-26(14-12-25)21(29)16-5-4-10-27(15-16)18-7-1-2-8-23-18/h1-3,6-9,16H,4-5,10-15H2,(H2,22,28). The van der Waals surface area contributed by atoms with Crippen LogP contribution in [0.1, 0.15) is 23.2 Å². The zero-order valence-electron chi connectivity index (χ0n) is 16.4. The lowest BCUT2D eigenvalue weighted by molar-refractivity contribution is -0.136. The van der Waals surface area contributed by atoms with Crippen molar-refractivity contribution in [2.75, 3.05) is 49.1 Å². The molecule has 2 saturated heterocycles. The molecule has 152 valence electrons. The maximum Gasteiger partial charge on any atom is 0.252 e. The average molecular weight is 394 g/mol. The first-order valence-electron chi connectivity index (χ1n) is 10.1. The third-order valence-electron chi connectivity index (χ3n) is 5.69. The molecule has 2 fully saturated rings. The van der Waals surface area contributed by atoms with Gasteiger partial charge in [0.1, 0.15) is 11.6 Å². The number of nitrogens with two attached hydrogens (primary N) is 1. The molecule has 2 amide bonds. The van der Waals surface area contributed by atoms with Gasteiger partial charge in [0.25, 0.3) is 5.91 Å². The predicted molar refractivity (Wildman–Crippen MR) is 111 cm³/mol. The summed E-state index contributed by atoms with van der Waals surface area (Å²) in [5.74, 6) is 1.26. The Morgan fingerprint density at radius 2 is 1.72 bits per heavy atom. The van der Waals surface area contributed by atoms with E-state index in [2.05, 4.69) is 14.9 Å². The molecule has 0 spiro atoms. The molecule has 8 nitrogen and oxygen atoms in total. The second-order valence-electron chi connectivity index (χ2n) is 7.52. The number of piperidine rings is 1. The van der Waals surface area contributed by atoms with Crippen LogP contribution in [0.2, 0.25) is 0 Å². The molecule has 0 saturated carbocycles. The Labute approximate surface area is 170 Å². The number of aromatic nitrogens is 2. The minimum Gasteiger partial charge on any atom is -0.365 e. The van der Waals surface area contributed by atoms with E-state index in [9.17, 15) is 9.59 Å². The van der Waals surface area contributed by atoms with Crippen molar-refractivity contribution in [3.05, 3.63) is 48.3 Å². The van der Waals surface area contributed by atoms with Gasteiger partial charge in [-0.05, 0) is 37.1 Å². The van der Waals surface area contributed by atoms with E-state index >= 15 is 0 Å². The van der Waals surface area contributed by atoms with Crippen LogP contribution < -0.4 is 15.5 Å². The van der Waals surface area contributed by atoms with E-state index in [-0.39, 0.29) is 11.8 Å². The van der Waals surface area contributed by atoms with Gasteiger partial charge in [-0.25, -0.2) is 9.97 Å². The first kappa shape index (κ1) is 19.2. The van der Waals surface area contributed by atoms with E-state index < -0.39 is 5.91 Å². The number of carbonyl (C=O) groups excluding carboxylic acids is 2. The molecule has 2 aromatic rings. The van der Waals surface area contributed by atoms with Crippen molar-refractivity contribution in [3.8, 4) is 0 Å². The molecule has 0 radical (unpaired) electrons. The van der Waals surface area contributed by atoms with Crippen LogP contribution in [0.5, 0.6) is 0 Å². The minimum atomic E-state index is -0.483. The summed E-state index contributed by atoms with van der Waals surface area (Å²) in [4.78, 5) is 39.7. The average Bonchev–Trinajstić information content (AvgIpc) is 2.79. The first-order valence-corrected chi connectivity index (χ1v) is 10.1. The Balaban J connectivity index is 1.37. The largest absolute Gasteiger partial charge is 0.365 e. The molecular formula is C21H26N6O2. The lowest BCUT2D eigenvalue weighted by Crippen LogP contribution is -2.53. The molecular weight excluding hydrogens is 368 g/mol. The van der Waals surface area contributed by atoms with Gasteiger partial charge in [-0.1, -0.05) is 6.07 Å². The number of anilines is 2. The third kappa shape index (κ3) is 4.16. The second-order valence-corrected chi connectivity index (χ2v) is 7.52. The van der Waals surface area contributed by atoms with Crippen LogP contribution in [-0.2, 0) is 4.79 Å². The van der Waals surface area contributed by atoms with Gasteiger partial charge in [-0.15, -0.1) is 0 Å². The quantitative estimate of drug-likeness (QED) is 0.836. The Bertz CT molecular complexity index is 866. The van der Waals surface area contributed by atoms with Gasteiger partial charge >= 0.3 is 0 Å². The van der Waals surface area contributed by atoms with E-state index in [0.29, 0.717) is 44.1 Å². The van der Waals surface area contributed by atoms with Gasteiger partial charge in [0.15, 0.2) is 0 Å². The predicted octanol–water partition coefficient (Wildman–Crippen LogP) is 1.14. The molecule has 0 aliphatic carbocycles. The highest BCUT2D eigenvalue weighted by atomic mass is 16.2. The summed E-state index contributed by atoms with van der Waals surface area (Å²) in [5, 5.41) is 0. The summed E-state index contributed by atoms with van der Waals surface area (Å²) >= 11 is 0. The molecule has 0 bridgehead atoms. The smallest absolute Gasteiger partial charge is 0.252 e. The highest BCUT2D eigenvalue weighted by Crippen LogP contribution is 2.24. The molecule has 0 aromatic carbocycles. The summed E-state index contributed by atoms with van der Waals surface area (Å²) in [5.41, 5.74) is 5.90. The maximum atomic E-state index is 13.1.